The van der Waals surface area contributed by atoms with E-state index in [2.05, 4.69) is 170 Å². The normalized spacial score (nSPS) is 11.3. The Morgan fingerprint density at radius 1 is 0.214 bits per heavy atom. The summed E-state index contributed by atoms with van der Waals surface area (Å²) in [7, 11) is 0. The van der Waals surface area contributed by atoms with Crippen LogP contribution >= 0.6 is 0 Å². The van der Waals surface area contributed by atoms with Crippen molar-refractivity contribution < 1.29 is 0 Å². The molecule has 0 heterocycles. The molecule has 0 atom stereocenters. The van der Waals surface area contributed by atoms with Crippen molar-refractivity contribution in [3.05, 3.63) is 170 Å². The van der Waals surface area contributed by atoms with Gasteiger partial charge in [-0.1, -0.05) is 152 Å². The van der Waals surface area contributed by atoms with Crippen LogP contribution in [-0.2, 0) is 0 Å². The molecular formula is C42H28. The Labute approximate surface area is 246 Å². The molecule has 8 aromatic carbocycles. The lowest BCUT2D eigenvalue weighted by atomic mass is 9.89. The highest BCUT2D eigenvalue weighted by molar-refractivity contribution is 6.09. The molecule has 0 radical (unpaired) electrons. The molecule has 0 amide bonds. The molecule has 0 saturated heterocycles. The molecule has 0 aliphatic carbocycles. The van der Waals surface area contributed by atoms with Gasteiger partial charge in [0.15, 0.2) is 0 Å². The first-order chi connectivity index (χ1) is 20.8. The van der Waals surface area contributed by atoms with Crippen LogP contribution in [-0.4, -0.2) is 0 Å². The van der Waals surface area contributed by atoms with Crippen molar-refractivity contribution in [1.82, 2.24) is 0 Å². The number of fused-ring (bicyclic) bond motifs is 3. The molecular weight excluding hydrogens is 504 g/mol. The van der Waals surface area contributed by atoms with E-state index in [1.165, 1.54) is 76.8 Å². The van der Waals surface area contributed by atoms with Crippen LogP contribution in [0.3, 0.4) is 0 Å². The smallest absolute Gasteiger partial charge is 0.00987 e. The van der Waals surface area contributed by atoms with E-state index in [0.717, 1.165) is 0 Å². The van der Waals surface area contributed by atoms with Gasteiger partial charge in [-0.2, -0.15) is 0 Å². The van der Waals surface area contributed by atoms with Crippen molar-refractivity contribution in [2.75, 3.05) is 0 Å². The Bertz CT molecular complexity index is 2230. The second kappa shape index (κ2) is 10.2. The highest BCUT2D eigenvalue weighted by Crippen LogP contribution is 2.39. The third-order valence-electron chi connectivity index (χ3n) is 8.46. The highest BCUT2D eigenvalue weighted by atomic mass is 14.2. The molecule has 0 saturated carbocycles. The van der Waals surface area contributed by atoms with Crippen molar-refractivity contribution in [3.63, 3.8) is 0 Å². The maximum atomic E-state index is 2.33. The maximum absolute atomic E-state index is 2.33. The molecule has 0 aromatic heterocycles. The molecule has 0 bridgehead atoms. The summed E-state index contributed by atoms with van der Waals surface area (Å²) in [6, 6.07) is 61.8. The summed E-state index contributed by atoms with van der Waals surface area (Å²) in [6.07, 6.45) is 0. The van der Waals surface area contributed by atoms with Crippen molar-refractivity contribution >= 4 is 32.3 Å². The molecule has 8 rings (SSSR count). The minimum Gasteiger partial charge on any atom is -0.0622 e. The predicted molar refractivity (Wildman–Crippen MR) is 181 cm³/mol. The lowest BCUT2D eigenvalue weighted by molar-refractivity contribution is 1.61. The van der Waals surface area contributed by atoms with Crippen molar-refractivity contribution in [2.24, 2.45) is 0 Å². The van der Waals surface area contributed by atoms with Gasteiger partial charge in [-0.15, -0.1) is 0 Å². The second-order valence-corrected chi connectivity index (χ2v) is 11.0. The third kappa shape index (κ3) is 4.26. The van der Waals surface area contributed by atoms with Crippen LogP contribution in [0.4, 0.5) is 0 Å². The van der Waals surface area contributed by atoms with Crippen LogP contribution in [0.15, 0.2) is 170 Å². The fourth-order valence-corrected chi connectivity index (χ4v) is 6.35. The summed E-state index contributed by atoms with van der Waals surface area (Å²) in [5.41, 5.74) is 9.98. The van der Waals surface area contributed by atoms with Crippen molar-refractivity contribution in [1.29, 1.82) is 0 Å². The van der Waals surface area contributed by atoms with Crippen molar-refractivity contribution in [3.8, 4) is 44.5 Å². The molecule has 0 aliphatic rings. The standard InChI is InChI=1S/C42H28/c1-2-10-29(11-3-1)32-20-21-35-27-33(22-23-34(35)26-32)31-14-8-15-36(28-31)38-24-25-42(41-18-7-6-17-39(38)41)40-19-9-13-30-12-4-5-16-37(30)40/h1-28H. The Morgan fingerprint density at radius 2 is 0.714 bits per heavy atom. The third-order valence-corrected chi connectivity index (χ3v) is 8.46. The maximum Gasteiger partial charge on any atom is -0.00987 e. The molecule has 0 spiro atoms. The quantitative estimate of drug-likeness (QED) is 0.211. The summed E-state index contributed by atoms with van der Waals surface area (Å²) < 4.78 is 0. The van der Waals surface area contributed by atoms with E-state index >= 15 is 0 Å². The molecule has 0 fully saturated rings. The monoisotopic (exact) mass is 532 g/mol. The average Bonchev–Trinajstić information content (AvgIpc) is 3.07. The molecule has 42 heavy (non-hydrogen) atoms. The van der Waals surface area contributed by atoms with Crippen LogP contribution in [0.5, 0.6) is 0 Å². The molecule has 0 aliphatic heterocycles. The Balaban J connectivity index is 1.21. The van der Waals surface area contributed by atoms with E-state index in [4.69, 9.17) is 0 Å². The number of rotatable bonds is 4. The highest BCUT2D eigenvalue weighted by Gasteiger charge is 2.12. The second-order valence-electron chi connectivity index (χ2n) is 11.0. The van der Waals surface area contributed by atoms with Crippen LogP contribution in [0, 0.1) is 0 Å². The van der Waals surface area contributed by atoms with E-state index in [-0.39, 0.29) is 0 Å². The lowest BCUT2D eigenvalue weighted by Crippen LogP contribution is -1.88. The van der Waals surface area contributed by atoms with Gasteiger partial charge in [-0.05, 0) is 95.0 Å². The van der Waals surface area contributed by atoms with Crippen LogP contribution in [0.2, 0.25) is 0 Å². The minimum absolute atomic E-state index is 1.23. The first-order valence-corrected chi connectivity index (χ1v) is 14.5. The van der Waals surface area contributed by atoms with Crippen LogP contribution < -0.4 is 0 Å². The molecule has 0 heteroatoms. The van der Waals surface area contributed by atoms with E-state index in [0.29, 0.717) is 0 Å². The average molecular weight is 533 g/mol. The Morgan fingerprint density at radius 3 is 1.50 bits per heavy atom. The van der Waals surface area contributed by atoms with Crippen LogP contribution in [0.25, 0.3) is 76.8 Å². The van der Waals surface area contributed by atoms with Gasteiger partial charge in [0.05, 0.1) is 0 Å². The first-order valence-electron chi connectivity index (χ1n) is 14.5. The Kier molecular flexibility index (Phi) is 5.90. The van der Waals surface area contributed by atoms with Gasteiger partial charge in [0, 0.05) is 0 Å². The Hall–Kier alpha value is -5.46. The van der Waals surface area contributed by atoms with Gasteiger partial charge in [-0.25, -0.2) is 0 Å². The fraction of sp³-hybridized carbons (Fsp3) is 0. The summed E-state index contributed by atoms with van der Waals surface area (Å²) in [6.45, 7) is 0. The summed E-state index contributed by atoms with van der Waals surface area (Å²) in [5.74, 6) is 0. The fourth-order valence-electron chi connectivity index (χ4n) is 6.35. The van der Waals surface area contributed by atoms with Gasteiger partial charge >= 0.3 is 0 Å². The van der Waals surface area contributed by atoms with Gasteiger partial charge in [0.1, 0.15) is 0 Å². The van der Waals surface area contributed by atoms with Crippen LogP contribution in [0.1, 0.15) is 0 Å². The SMILES string of the molecule is c1ccc(-c2ccc3cc(-c4cccc(-c5ccc(-c6cccc7ccccc67)c6ccccc56)c4)ccc3c2)cc1. The molecule has 0 unspecified atom stereocenters. The molecule has 196 valence electrons. The zero-order valence-electron chi connectivity index (χ0n) is 23.2. The zero-order valence-corrected chi connectivity index (χ0v) is 23.2. The minimum atomic E-state index is 1.23. The number of hydrogen-bond donors (Lipinski definition) is 0. The van der Waals surface area contributed by atoms with Gasteiger partial charge < -0.3 is 0 Å². The number of benzene rings is 8. The first kappa shape index (κ1) is 24.3. The van der Waals surface area contributed by atoms with Gasteiger partial charge in [0.2, 0.25) is 0 Å². The van der Waals surface area contributed by atoms with E-state index < -0.39 is 0 Å². The zero-order chi connectivity index (χ0) is 27.9. The topological polar surface area (TPSA) is 0 Å². The summed E-state index contributed by atoms with van der Waals surface area (Å²) in [5, 5.41) is 7.60. The summed E-state index contributed by atoms with van der Waals surface area (Å²) >= 11 is 0. The molecule has 8 aromatic rings. The van der Waals surface area contributed by atoms with E-state index in [1.54, 1.807) is 0 Å². The van der Waals surface area contributed by atoms with E-state index in [9.17, 15) is 0 Å². The van der Waals surface area contributed by atoms with E-state index in [1.807, 2.05) is 0 Å². The van der Waals surface area contributed by atoms with Gasteiger partial charge in [0.25, 0.3) is 0 Å². The van der Waals surface area contributed by atoms with Gasteiger partial charge in [-0.3, -0.25) is 0 Å². The lowest BCUT2D eigenvalue weighted by Gasteiger charge is -2.15. The van der Waals surface area contributed by atoms with Crippen molar-refractivity contribution in [2.45, 2.75) is 0 Å². The summed E-state index contributed by atoms with van der Waals surface area (Å²) in [4.78, 5) is 0. The largest absolute Gasteiger partial charge is 0.0622 e. The number of hydrogen-bond acceptors (Lipinski definition) is 0. The molecule has 0 nitrogen and oxygen atoms in total. The predicted octanol–water partition coefficient (Wildman–Crippen LogP) is 11.8. The molecule has 0 N–H and O–H groups in total.